The van der Waals surface area contributed by atoms with Gasteiger partial charge in [-0.3, -0.25) is 4.90 Å². The molecule has 0 radical (unpaired) electrons. The number of nitrogens with zero attached hydrogens (tertiary/aromatic N) is 2. The fourth-order valence-electron chi connectivity index (χ4n) is 3.40. The van der Waals surface area contributed by atoms with E-state index >= 15 is 0 Å². The van der Waals surface area contributed by atoms with E-state index in [1.165, 1.54) is 17.5 Å². The Balaban J connectivity index is 2.02. The molecule has 2 aliphatic heterocycles. The Morgan fingerprint density at radius 1 is 1.42 bits per heavy atom. The van der Waals surface area contributed by atoms with Crippen LogP contribution in [-0.4, -0.2) is 23.6 Å². The summed E-state index contributed by atoms with van der Waals surface area (Å²) in [6.07, 6.45) is 2.68. The topological polar surface area (TPSA) is 36.3 Å². The zero-order valence-corrected chi connectivity index (χ0v) is 11.6. The lowest BCUT2D eigenvalue weighted by Crippen LogP contribution is -2.48. The van der Waals surface area contributed by atoms with Crippen LogP contribution in [0.5, 0.6) is 0 Å². The number of nitriles is 1. The Kier molecular flexibility index (Phi) is 3.30. The minimum atomic E-state index is 0.316. The van der Waals surface area contributed by atoms with Gasteiger partial charge in [0.1, 0.15) is 0 Å². The molecule has 0 amide bonds. The van der Waals surface area contributed by atoms with Crippen molar-refractivity contribution in [2.75, 3.05) is 6.54 Å². The fourth-order valence-corrected chi connectivity index (χ4v) is 3.40. The molecule has 0 bridgehead atoms. The van der Waals surface area contributed by atoms with Crippen LogP contribution in [0.2, 0.25) is 0 Å². The molecular weight excluding hydrogens is 236 g/mol. The van der Waals surface area contributed by atoms with Crippen LogP contribution in [0.25, 0.3) is 0 Å². The first-order valence-electron chi connectivity index (χ1n) is 7.11. The van der Waals surface area contributed by atoms with Crippen LogP contribution in [0.1, 0.15) is 49.4 Å². The molecule has 19 heavy (non-hydrogen) atoms. The molecule has 0 aliphatic carbocycles. The lowest BCUT2D eigenvalue weighted by Gasteiger charge is -2.46. The quantitative estimate of drug-likeness (QED) is 0.775. The maximum absolute atomic E-state index is 9.01. The fraction of sp³-hybridized carbons (Fsp3) is 0.562. The average molecular weight is 256 g/mol. The van der Waals surface area contributed by atoms with Gasteiger partial charge in [0.25, 0.3) is 0 Å². The summed E-state index contributed by atoms with van der Waals surface area (Å²) in [5.74, 6) is 0. The summed E-state index contributed by atoms with van der Waals surface area (Å²) in [6.45, 7) is 6.29. The van der Waals surface area contributed by atoms with Gasteiger partial charge >= 0.3 is 0 Å². The second-order valence-corrected chi connectivity index (χ2v) is 5.79. The number of benzene rings is 1. The maximum atomic E-state index is 9.01. The standard InChI is InChI=1S/C16H20N2O/c1-11(2)18-7-3-4-15-16(18)14-6-5-12(9-17)8-13(14)10-19-15/h5-6,8,11,15-16H,3-4,7,10H2,1-2H3. The molecular formula is C16H20N2O. The molecule has 0 spiro atoms. The number of likely N-dealkylation sites (tertiary alicyclic amines) is 1. The Morgan fingerprint density at radius 3 is 3.00 bits per heavy atom. The van der Waals surface area contributed by atoms with Crippen molar-refractivity contribution >= 4 is 0 Å². The molecule has 3 nitrogen and oxygen atoms in total. The van der Waals surface area contributed by atoms with Gasteiger partial charge in [0.15, 0.2) is 0 Å². The van der Waals surface area contributed by atoms with E-state index in [4.69, 9.17) is 10.00 Å². The van der Waals surface area contributed by atoms with E-state index in [0.29, 0.717) is 24.8 Å². The number of piperidine rings is 1. The third kappa shape index (κ3) is 2.16. The number of ether oxygens (including phenoxy) is 1. The van der Waals surface area contributed by atoms with E-state index in [1.54, 1.807) is 0 Å². The molecule has 2 aliphatic rings. The van der Waals surface area contributed by atoms with E-state index in [9.17, 15) is 0 Å². The van der Waals surface area contributed by atoms with Gasteiger partial charge in [-0.2, -0.15) is 5.26 Å². The molecule has 1 aromatic rings. The van der Waals surface area contributed by atoms with Gasteiger partial charge in [-0.1, -0.05) is 6.07 Å². The highest BCUT2D eigenvalue weighted by molar-refractivity contribution is 5.41. The second kappa shape index (κ2) is 4.96. The molecule has 2 heterocycles. The molecule has 3 heteroatoms. The first-order valence-corrected chi connectivity index (χ1v) is 7.11. The van der Waals surface area contributed by atoms with Crippen LogP contribution in [0.15, 0.2) is 18.2 Å². The summed E-state index contributed by atoms with van der Waals surface area (Å²) < 4.78 is 6.04. The Labute approximate surface area is 114 Å². The molecule has 1 aromatic carbocycles. The summed E-state index contributed by atoms with van der Waals surface area (Å²) in [5.41, 5.74) is 3.28. The van der Waals surface area contributed by atoms with Gasteiger partial charge in [0.05, 0.1) is 30.4 Å². The van der Waals surface area contributed by atoms with Gasteiger partial charge in [-0.05, 0) is 56.5 Å². The number of hydrogen-bond donors (Lipinski definition) is 0. The molecule has 2 atom stereocenters. The number of rotatable bonds is 1. The van der Waals surface area contributed by atoms with Crippen molar-refractivity contribution in [2.45, 2.75) is 51.5 Å². The maximum Gasteiger partial charge on any atom is 0.0991 e. The molecule has 0 N–H and O–H groups in total. The van der Waals surface area contributed by atoms with E-state index in [0.717, 1.165) is 18.5 Å². The number of fused-ring (bicyclic) bond motifs is 3. The van der Waals surface area contributed by atoms with Crippen LogP contribution in [-0.2, 0) is 11.3 Å². The molecule has 0 aromatic heterocycles. The van der Waals surface area contributed by atoms with Crippen molar-refractivity contribution in [1.29, 1.82) is 5.26 Å². The predicted molar refractivity (Wildman–Crippen MR) is 73.6 cm³/mol. The van der Waals surface area contributed by atoms with Gasteiger partial charge in [-0.25, -0.2) is 0 Å². The highest BCUT2D eigenvalue weighted by Gasteiger charge is 2.38. The van der Waals surface area contributed by atoms with Crippen LogP contribution in [0, 0.1) is 11.3 Å². The van der Waals surface area contributed by atoms with E-state index < -0.39 is 0 Å². The molecule has 1 fully saturated rings. The van der Waals surface area contributed by atoms with Gasteiger partial charge in [-0.15, -0.1) is 0 Å². The minimum absolute atomic E-state index is 0.316. The lowest BCUT2D eigenvalue weighted by atomic mass is 9.86. The monoisotopic (exact) mass is 256 g/mol. The third-order valence-corrected chi connectivity index (χ3v) is 4.32. The summed E-state index contributed by atoms with van der Waals surface area (Å²) in [4.78, 5) is 2.54. The summed E-state index contributed by atoms with van der Waals surface area (Å²) in [7, 11) is 0. The van der Waals surface area contributed by atoms with Gasteiger partial charge in [0, 0.05) is 6.04 Å². The lowest BCUT2D eigenvalue weighted by molar-refractivity contribution is -0.0753. The van der Waals surface area contributed by atoms with E-state index in [1.807, 2.05) is 12.1 Å². The van der Waals surface area contributed by atoms with Crippen molar-refractivity contribution in [3.8, 4) is 6.07 Å². The SMILES string of the molecule is CC(C)N1CCCC2OCc3cc(C#N)ccc3C21. The first-order chi connectivity index (χ1) is 9.20. The van der Waals surface area contributed by atoms with Gasteiger partial charge in [0.2, 0.25) is 0 Å². The van der Waals surface area contributed by atoms with Crippen LogP contribution < -0.4 is 0 Å². The predicted octanol–water partition coefficient (Wildman–Crippen LogP) is 3.00. The normalized spacial score (nSPS) is 26.6. The van der Waals surface area contributed by atoms with E-state index in [2.05, 4.69) is 30.9 Å². The Bertz CT molecular complexity index is 518. The molecule has 0 saturated carbocycles. The highest BCUT2D eigenvalue weighted by Crippen LogP contribution is 2.40. The first kappa shape index (κ1) is 12.7. The zero-order valence-electron chi connectivity index (χ0n) is 11.6. The molecule has 3 rings (SSSR count). The third-order valence-electron chi connectivity index (χ3n) is 4.32. The van der Waals surface area contributed by atoms with Crippen molar-refractivity contribution in [3.63, 3.8) is 0 Å². The number of hydrogen-bond acceptors (Lipinski definition) is 3. The van der Waals surface area contributed by atoms with Gasteiger partial charge < -0.3 is 4.74 Å². The molecule has 100 valence electrons. The smallest absolute Gasteiger partial charge is 0.0991 e. The van der Waals surface area contributed by atoms with Crippen LogP contribution >= 0.6 is 0 Å². The summed E-state index contributed by atoms with van der Waals surface area (Å²) in [5, 5.41) is 9.01. The van der Waals surface area contributed by atoms with Crippen LogP contribution in [0.3, 0.4) is 0 Å². The van der Waals surface area contributed by atoms with Crippen molar-refractivity contribution in [1.82, 2.24) is 4.90 Å². The largest absolute Gasteiger partial charge is 0.372 e. The summed E-state index contributed by atoms with van der Waals surface area (Å²) in [6, 6.07) is 9.16. The second-order valence-electron chi connectivity index (χ2n) is 5.79. The minimum Gasteiger partial charge on any atom is -0.372 e. The van der Waals surface area contributed by atoms with Crippen molar-refractivity contribution in [2.24, 2.45) is 0 Å². The summed E-state index contributed by atoms with van der Waals surface area (Å²) >= 11 is 0. The van der Waals surface area contributed by atoms with Crippen LogP contribution in [0.4, 0.5) is 0 Å². The van der Waals surface area contributed by atoms with Crippen molar-refractivity contribution in [3.05, 3.63) is 34.9 Å². The average Bonchev–Trinajstić information content (AvgIpc) is 2.45. The van der Waals surface area contributed by atoms with Crippen molar-refractivity contribution < 1.29 is 4.74 Å². The molecule has 1 saturated heterocycles. The van der Waals surface area contributed by atoms with E-state index in [-0.39, 0.29) is 0 Å². The zero-order chi connectivity index (χ0) is 13.4. The highest BCUT2D eigenvalue weighted by atomic mass is 16.5. The Morgan fingerprint density at radius 2 is 2.26 bits per heavy atom. The Hall–Kier alpha value is -1.37. The molecule has 2 unspecified atom stereocenters.